The maximum absolute atomic E-state index is 12.3. The zero-order chi connectivity index (χ0) is 13.3. The SMILES string of the molecule is CCC1CC(=O)N(S(=O)(=O)c2cncc(Br)c2)C1. The highest BCUT2D eigenvalue weighted by atomic mass is 79.9. The van der Waals surface area contributed by atoms with Crippen molar-refractivity contribution in [1.29, 1.82) is 0 Å². The molecule has 0 saturated carbocycles. The van der Waals surface area contributed by atoms with Crippen LogP contribution in [0.4, 0.5) is 0 Å². The molecule has 18 heavy (non-hydrogen) atoms. The van der Waals surface area contributed by atoms with Gasteiger partial charge in [0.05, 0.1) is 0 Å². The monoisotopic (exact) mass is 332 g/mol. The topological polar surface area (TPSA) is 67.3 Å². The van der Waals surface area contributed by atoms with Gasteiger partial charge in [0.15, 0.2) is 0 Å². The smallest absolute Gasteiger partial charge is 0.268 e. The first-order valence-electron chi connectivity index (χ1n) is 5.61. The first-order chi connectivity index (χ1) is 8.45. The minimum absolute atomic E-state index is 0.0435. The molecule has 0 radical (unpaired) electrons. The van der Waals surface area contributed by atoms with Crippen molar-refractivity contribution < 1.29 is 13.2 Å². The van der Waals surface area contributed by atoms with Gasteiger partial charge in [0.1, 0.15) is 4.90 Å². The lowest BCUT2D eigenvalue weighted by Gasteiger charge is -2.16. The Bertz CT molecular complexity index is 573. The summed E-state index contributed by atoms with van der Waals surface area (Å²) in [5.74, 6) is -0.214. The maximum atomic E-state index is 12.3. The molecule has 0 N–H and O–H groups in total. The van der Waals surface area contributed by atoms with Crippen molar-refractivity contribution in [1.82, 2.24) is 9.29 Å². The molecule has 0 aliphatic carbocycles. The minimum Gasteiger partial charge on any atom is -0.274 e. The molecule has 2 heterocycles. The molecule has 1 aliphatic rings. The Hall–Kier alpha value is -0.950. The molecule has 2 rings (SSSR count). The highest BCUT2D eigenvalue weighted by molar-refractivity contribution is 9.10. The Kier molecular flexibility index (Phi) is 3.72. The predicted octanol–water partition coefficient (Wildman–Crippen LogP) is 1.79. The van der Waals surface area contributed by atoms with E-state index in [-0.39, 0.29) is 23.3 Å². The van der Waals surface area contributed by atoms with Crippen LogP contribution >= 0.6 is 15.9 Å². The Morgan fingerprint density at radius 1 is 1.50 bits per heavy atom. The number of aromatic nitrogens is 1. The van der Waals surface area contributed by atoms with E-state index in [0.717, 1.165) is 10.7 Å². The second-order valence-corrected chi connectivity index (χ2v) is 7.03. The average Bonchev–Trinajstić information content (AvgIpc) is 2.71. The fourth-order valence-corrected chi connectivity index (χ4v) is 3.91. The molecule has 98 valence electrons. The van der Waals surface area contributed by atoms with Crippen molar-refractivity contribution in [2.75, 3.05) is 6.54 Å². The van der Waals surface area contributed by atoms with Gasteiger partial charge >= 0.3 is 0 Å². The van der Waals surface area contributed by atoms with E-state index in [1.165, 1.54) is 18.5 Å². The van der Waals surface area contributed by atoms with Crippen molar-refractivity contribution in [3.63, 3.8) is 0 Å². The number of rotatable bonds is 3. The third kappa shape index (κ3) is 2.42. The lowest BCUT2D eigenvalue weighted by atomic mass is 10.1. The summed E-state index contributed by atoms with van der Waals surface area (Å²) in [4.78, 5) is 15.6. The molecule has 1 aliphatic heterocycles. The van der Waals surface area contributed by atoms with Crippen molar-refractivity contribution in [3.05, 3.63) is 22.9 Å². The number of sulfonamides is 1. The van der Waals surface area contributed by atoms with E-state index in [0.29, 0.717) is 10.9 Å². The number of halogens is 1. The molecule has 1 amide bonds. The van der Waals surface area contributed by atoms with Crippen LogP contribution in [0.15, 0.2) is 27.8 Å². The fraction of sp³-hybridized carbons (Fsp3) is 0.455. The minimum atomic E-state index is -3.76. The summed E-state index contributed by atoms with van der Waals surface area (Å²) in [5, 5.41) is 0. The van der Waals surface area contributed by atoms with Crippen LogP contribution in [0.5, 0.6) is 0 Å². The van der Waals surface area contributed by atoms with Gasteiger partial charge in [0, 0.05) is 29.8 Å². The van der Waals surface area contributed by atoms with Gasteiger partial charge in [-0.1, -0.05) is 13.3 Å². The van der Waals surface area contributed by atoms with Crippen molar-refractivity contribution in [2.45, 2.75) is 24.7 Å². The van der Waals surface area contributed by atoms with E-state index in [2.05, 4.69) is 20.9 Å². The highest BCUT2D eigenvalue weighted by Gasteiger charge is 2.37. The van der Waals surface area contributed by atoms with Crippen molar-refractivity contribution >= 4 is 31.9 Å². The van der Waals surface area contributed by atoms with E-state index >= 15 is 0 Å². The highest BCUT2D eigenvalue weighted by Crippen LogP contribution is 2.27. The summed E-state index contributed by atoms with van der Waals surface area (Å²) >= 11 is 3.17. The summed E-state index contributed by atoms with van der Waals surface area (Å²) < 4.78 is 26.1. The standard InChI is InChI=1S/C11H13BrN2O3S/c1-2-8-3-11(15)14(7-8)18(16,17)10-4-9(12)5-13-6-10/h4-6,8H,2-3,7H2,1H3. The quantitative estimate of drug-likeness (QED) is 0.846. The average molecular weight is 333 g/mol. The Morgan fingerprint density at radius 3 is 2.78 bits per heavy atom. The molecule has 0 spiro atoms. The first-order valence-corrected chi connectivity index (χ1v) is 7.84. The van der Waals surface area contributed by atoms with Gasteiger partial charge in [-0.05, 0) is 27.9 Å². The van der Waals surface area contributed by atoms with Gasteiger partial charge in [-0.2, -0.15) is 0 Å². The molecule has 1 unspecified atom stereocenters. The van der Waals surface area contributed by atoms with Gasteiger partial charge in [0.2, 0.25) is 5.91 Å². The maximum Gasteiger partial charge on any atom is 0.268 e. The lowest BCUT2D eigenvalue weighted by molar-refractivity contribution is -0.123. The number of hydrogen-bond acceptors (Lipinski definition) is 4. The Labute approximate surface area is 114 Å². The van der Waals surface area contributed by atoms with E-state index in [1.807, 2.05) is 6.92 Å². The fourth-order valence-electron chi connectivity index (χ4n) is 1.92. The first kappa shape index (κ1) is 13.5. The van der Waals surface area contributed by atoms with Crippen molar-refractivity contribution in [2.24, 2.45) is 5.92 Å². The number of amides is 1. The molecule has 1 fully saturated rings. The molecule has 1 saturated heterocycles. The molecule has 1 aromatic heterocycles. The van der Waals surface area contributed by atoms with E-state index < -0.39 is 10.0 Å². The number of hydrogen-bond donors (Lipinski definition) is 0. The van der Waals surface area contributed by atoms with Crippen LogP contribution in [0.25, 0.3) is 0 Å². The second-order valence-electron chi connectivity index (χ2n) is 4.25. The lowest BCUT2D eigenvalue weighted by Crippen LogP contribution is -2.32. The van der Waals surface area contributed by atoms with Crippen molar-refractivity contribution in [3.8, 4) is 0 Å². The van der Waals surface area contributed by atoms with Crippen LogP contribution in [0, 0.1) is 5.92 Å². The predicted molar refractivity (Wildman–Crippen MR) is 69.2 cm³/mol. The molecule has 5 nitrogen and oxygen atoms in total. The third-order valence-electron chi connectivity index (χ3n) is 3.01. The Balaban J connectivity index is 2.35. The number of nitrogens with zero attached hydrogens (tertiary/aromatic N) is 2. The zero-order valence-corrected chi connectivity index (χ0v) is 12.2. The molecular formula is C11H13BrN2O3S. The summed E-state index contributed by atoms with van der Waals surface area (Å²) in [6.45, 7) is 2.22. The third-order valence-corrected chi connectivity index (χ3v) is 5.20. The summed E-state index contributed by atoms with van der Waals surface area (Å²) in [7, 11) is -3.76. The van der Waals surface area contributed by atoms with E-state index in [4.69, 9.17) is 0 Å². The number of carbonyl (C=O) groups is 1. The zero-order valence-electron chi connectivity index (χ0n) is 9.84. The Morgan fingerprint density at radius 2 is 2.22 bits per heavy atom. The summed E-state index contributed by atoms with van der Waals surface area (Å²) in [5.41, 5.74) is 0. The normalized spacial score (nSPS) is 20.4. The van der Waals surface area contributed by atoms with Crippen LogP contribution in [0.1, 0.15) is 19.8 Å². The molecule has 1 aromatic rings. The molecule has 0 aromatic carbocycles. The van der Waals surface area contributed by atoms with Crippen LogP contribution in [-0.2, 0) is 14.8 Å². The summed E-state index contributed by atoms with van der Waals surface area (Å²) in [6.07, 6.45) is 3.86. The number of pyridine rings is 1. The molecule has 7 heteroatoms. The van der Waals surface area contributed by atoms with Gasteiger partial charge < -0.3 is 0 Å². The second kappa shape index (κ2) is 4.97. The number of carbonyl (C=O) groups excluding carboxylic acids is 1. The van der Waals surface area contributed by atoms with Gasteiger partial charge in [-0.3, -0.25) is 9.78 Å². The van der Waals surface area contributed by atoms with Gasteiger partial charge in [-0.25, -0.2) is 12.7 Å². The molecule has 1 atom stereocenters. The van der Waals surface area contributed by atoms with Crippen LogP contribution in [-0.4, -0.2) is 30.2 Å². The largest absolute Gasteiger partial charge is 0.274 e. The summed E-state index contributed by atoms with van der Waals surface area (Å²) in [6, 6.07) is 1.45. The van der Waals surface area contributed by atoms with Crippen LogP contribution in [0.3, 0.4) is 0 Å². The van der Waals surface area contributed by atoms with Gasteiger partial charge in [-0.15, -0.1) is 0 Å². The molecular weight excluding hydrogens is 320 g/mol. The van der Waals surface area contributed by atoms with Crippen LogP contribution in [0.2, 0.25) is 0 Å². The van der Waals surface area contributed by atoms with Gasteiger partial charge in [0.25, 0.3) is 10.0 Å². The van der Waals surface area contributed by atoms with E-state index in [1.54, 1.807) is 0 Å². The van der Waals surface area contributed by atoms with E-state index in [9.17, 15) is 13.2 Å². The molecule has 0 bridgehead atoms. The van der Waals surface area contributed by atoms with Crippen LogP contribution < -0.4 is 0 Å².